The number of anilines is 1. The van der Waals surface area contributed by atoms with Crippen molar-refractivity contribution >= 4 is 67.1 Å². The van der Waals surface area contributed by atoms with Gasteiger partial charge >= 0.3 is 29.6 Å². The van der Waals surface area contributed by atoms with Crippen molar-refractivity contribution in [3.05, 3.63) is 81.8 Å². The van der Waals surface area contributed by atoms with Crippen LogP contribution < -0.4 is 44.7 Å². The molecule has 0 spiro atoms. The molecule has 0 bridgehead atoms. The molecule has 4 rings (SSSR count). The quantitative estimate of drug-likeness (QED) is 0.189. The molecule has 13 heteroatoms. The number of carbonyl (C=O) groups is 1. The second-order valence-electron chi connectivity index (χ2n) is 8.04. The van der Waals surface area contributed by atoms with Crippen LogP contribution in [-0.2, 0) is 16.5 Å². The van der Waals surface area contributed by atoms with E-state index >= 15 is 0 Å². The number of azo groups is 1. The fourth-order valence-corrected chi connectivity index (χ4v) is 5.50. The van der Waals surface area contributed by atoms with Gasteiger partial charge in [0.15, 0.2) is 0 Å². The van der Waals surface area contributed by atoms with Gasteiger partial charge in [0.2, 0.25) is 0 Å². The molecule has 0 radical (unpaired) electrons. The average molecular weight is 596 g/mol. The van der Waals surface area contributed by atoms with Gasteiger partial charge in [0.1, 0.15) is 15.7 Å². The van der Waals surface area contributed by atoms with E-state index in [1.54, 1.807) is 49.4 Å². The average Bonchev–Trinajstić information content (AvgIpc) is 2.87. The number of hydrogen-bond donors (Lipinski definition) is 2. The van der Waals surface area contributed by atoms with Crippen LogP contribution in [0.25, 0.3) is 10.8 Å². The number of aryl methyl sites for hydroxylation is 1. The summed E-state index contributed by atoms with van der Waals surface area (Å²) in [6, 6.07) is 15.7. The van der Waals surface area contributed by atoms with Crippen LogP contribution in [0.3, 0.4) is 0 Å². The van der Waals surface area contributed by atoms with E-state index in [4.69, 9.17) is 27.9 Å². The van der Waals surface area contributed by atoms with Gasteiger partial charge < -0.3 is 15.2 Å². The first kappa shape index (κ1) is 30.8. The van der Waals surface area contributed by atoms with Gasteiger partial charge in [-0.05, 0) is 47.7 Å². The second kappa shape index (κ2) is 12.6. The molecule has 0 aromatic heterocycles. The number of hydrogen-bond acceptors (Lipinski definition) is 7. The number of rotatable bonds is 7. The fourth-order valence-electron chi connectivity index (χ4n) is 3.88. The Labute approximate surface area is 256 Å². The summed E-state index contributed by atoms with van der Waals surface area (Å²) in [6.45, 7) is 1.68. The predicted molar refractivity (Wildman–Crippen MR) is 144 cm³/mol. The van der Waals surface area contributed by atoms with E-state index in [0.717, 1.165) is 0 Å². The summed E-state index contributed by atoms with van der Waals surface area (Å²) in [5.74, 6) is -1.04. The minimum atomic E-state index is -4.56. The SMILES string of the molecule is CCc1cc(N=Nc2c([O-])c(C(=O)Nc3cccc(OC)c3Cl)cc3ccccc23)cc(Cl)c1S(=O)(=O)O.[Na+]. The fraction of sp³-hybridized carbons (Fsp3) is 0.115. The van der Waals surface area contributed by atoms with Crippen molar-refractivity contribution in [2.24, 2.45) is 10.2 Å². The van der Waals surface area contributed by atoms with E-state index in [2.05, 4.69) is 15.5 Å². The maximum atomic E-state index is 13.4. The Morgan fingerprint density at radius 2 is 1.79 bits per heavy atom. The van der Waals surface area contributed by atoms with Crippen molar-refractivity contribution in [1.82, 2.24) is 0 Å². The van der Waals surface area contributed by atoms with Gasteiger partial charge in [0.05, 0.1) is 29.2 Å². The molecule has 0 saturated carbocycles. The Kier molecular flexibility index (Phi) is 10.0. The first-order valence-corrected chi connectivity index (χ1v) is 13.3. The number of nitrogens with zero attached hydrogens (tertiary/aromatic N) is 2. The molecule has 0 aliphatic heterocycles. The second-order valence-corrected chi connectivity index (χ2v) is 10.2. The molecule has 0 atom stereocenters. The van der Waals surface area contributed by atoms with Gasteiger partial charge in [-0.15, -0.1) is 0 Å². The number of nitrogens with one attached hydrogen (secondary N) is 1. The molecule has 0 heterocycles. The monoisotopic (exact) mass is 595 g/mol. The van der Waals surface area contributed by atoms with E-state index in [1.165, 1.54) is 25.3 Å². The van der Waals surface area contributed by atoms with Crippen molar-refractivity contribution in [3.8, 4) is 11.5 Å². The van der Waals surface area contributed by atoms with E-state index in [9.17, 15) is 22.9 Å². The summed E-state index contributed by atoms with van der Waals surface area (Å²) in [5, 5.41) is 25.2. The number of carbonyl (C=O) groups excluding carboxylic acids is 1. The van der Waals surface area contributed by atoms with Gasteiger partial charge in [-0.25, -0.2) is 0 Å². The molecular weight excluding hydrogens is 576 g/mol. The molecule has 39 heavy (non-hydrogen) atoms. The number of amides is 1. The van der Waals surface area contributed by atoms with Crippen molar-refractivity contribution < 1.29 is 57.2 Å². The third kappa shape index (κ3) is 6.55. The molecule has 1 amide bonds. The molecule has 4 aromatic rings. The van der Waals surface area contributed by atoms with Crippen LogP contribution in [0, 0.1) is 0 Å². The van der Waals surface area contributed by atoms with Crippen LogP contribution in [0.5, 0.6) is 11.5 Å². The topological polar surface area (TPSA) is 140 Å². The molecule has 0 aliphatic rings. The minimum Gasteiger partial charge on any atom is -0.870 e. The largest absolute Gasteiger partial charge is 1.00 e. The summed E-state index contributed by atoms with van der Waals surface area (Å²) < 4.78 is 38.1. The van der Waals surface area contributed by atoms with Gasteiger partial charge in [-0.3, -0.25) is 9.35 Å². The molecule has 2 N–H and O–H groups in total. The number of benzene rings is 4. The van der Waals surface area contributed by atoms with Crippen LogP contribution in [0.1, 0.15) is 22.8 Å². The van der Waals surface area contributed by atoms with Crippen LogP contribution in [0.15, 0.2) is 75.8 Å². The number of ether oxygens (including phenoxy) is 1. The summed E-state index contributed by atoms with van der Waals surface area (Å²) in [6.07, 6.45) is 0.233. The van der Waals surface area contributed by atoms with Gasteiger partial charge in [-0.1, -0.05) is 66.2 Å². The smallest absolute Gasteiger partial charge is 0.870 e. The molecule has 0 unspecified atom stereocenters. The first-order valence-electron chi connectivity index (χ1n) is 11.1. The Morgan fingerprint density at radius 1 is 1.08 bits per heavy atom. The summed E-state index contributed by atoms with van der Waals surface area (Å²) >= 11 is 12.4. The zero-order valence-corrected chi connectivity index (χ0v) is 25.4. The molecule has 0 saturated heterocycles. The standard InChI is InChI=1S/C26H21Cl2N3O6S.Na/c1-3-14-11-16(13-19(27)25(14)38(34,35)36)30-31-23-17-8-5-4-7-15(17)12-18(24(23)32)26(33)29-20-9-6-10-21(37-2)22(20)28;/h4-13,32H,3H2,1-2H3,(H,29,33)(H,34,35,36);/q;+1/p-1. The Bertz CT molecular complexity index is 1710. The third-order valence-corrected chi connectivity index (χ3v) is 7.46. The maximum absolute atomic E-state index is 13.4. The van der Waals surface area contributed by atoms with E-state index in [-0.39, 0.29) is 74.2 Å². The molecule has 0 fully saturated rings. The Hall–Kier alpha value is -2.70. The Morgan fingerprint density at radius 3 is 2.46 bits per heavy atom. The Balaban J connectivity index is 0.00000420. The van der Waals surface area contributed by atoms with Crippen molar-refractivity contribution in [2.75, 3.05) is 12.4 Å². The van der Waals surface area contributed by atoms with E-state index in [0.29, 0.717) is 16.5 Å². The van der Waals surface area contributed by atoms with E-state index < -0.39 is 26.7 Å². The van der Waals surface area contributed by atoms with Crippen molar-refractivity contribution in [1.29, 1.82) is 0 Å². The summed E-state index contributed by atoms with van der Waals surface area (Å²) in [4.78, 5) is 12.7. The molecule has 9 nitrogen and oxygen atoms in total. The van der Waals surface area contributed by atoms with Crippen LogP contribution >= 0.6 is 23.2 Å². The first-order chi connectivity index (χ1) is 18.0. The van der Waals surface area contributed by atoms with Crippen molar-refractivity contribution in [3.63, 3.8) is 0 Å². The summed E-state index contributed by atoms with van der Waals surface area (Å²) in [5.41, 5.74) is 0.348. The van der Waals surface area contributed by atoms with Crippen LogP contribution in [-0.4, -0.2) is 26.0 Å². The van der Waals surface area contributed by atoms with Crippen LogP contribution in [0.2, 0.25) is 10.0 Å². The molecule has 196 valence electrons. The summed E-state index contributed by atoms with van der Waals surface area (Å²) in [7, 11) is -3.12. The van der Waals surface area contributed by atoms with Gasteiger partial charge in [0, 0.05) is 10.9 Å². The third-order valence-electron chi connectivity index (χ3n) is 5.66. The van der Waals surface area contributed by atoms with Gasteiger partial charge in [-0.2, -0.15) is 18.6 Å². The van der Waals surface area contributed by atoms with Crippen LogP contribution in [0.4, 0.5) is 17.1 Å². The maximum Gasteiger partial charge on any atom is 1.00 e. The minimum absolute atomic E-state index is 0. The number of fused-ring (bicyclic) bond motifs is 1. The predicted octanol–water partition coefficient (Wildman–Crippen LogP) is 3.71. The zero-order chi connectivity index (χ0) is 27.6. The molecule has 0 aliphatic carbocycles. The van der Waals surface area contributed by atoms with Crippen molar-refractivity contribution in [2.45, 2.75) is 18.2 Å². The normalized spacial score (nSPS) is 11.4. The molecule has 4 aromatic carbocycles. The zero-order valence-electron chi connectivity index (χ0n) is 21.0. The number of halogens is 2. The van der Waals surface area contributed by atoms with E-state index in [1.807, 2.05) is 0 Å². The number of methoxy groups -OCH3 is 1. The molecular formula is C26H20Cl2N3NaO6S. The van der Waals surface area contributed by atoms with Gasteiger partial charge in [0.25, 0.3) is 16.0 Å².